The number of ether oxygens (including phenoxy) is 1. The second-order valence-electron chi connectivity index (χ2n) is 6.00. The first kappa shape index (κ1) is 21.8. The Balaban J connectivity index is 1.70. The maximum atomic E-state index is 14.1. The van der Waals surface area contributed by atoms with Gasteiger partial charge in [-0.15, -0.1) is 0 Å². The topological polar surface area (TPSA) is 78.4 Å². The Morgan fingerprint density at radius 2 is 1.80 bits per heavy atom. The molecule has 1 heterocycles. The Labute approximate surface area is 174 Å². The normalized spacial score (nSPS) is 11.5. The van der Waals surface area contributed by atoms with Crippen LogP contribution >= 0.6 is 15.9 Å². The summed E-state index contributed by atoms with van der Waals surface area (Å²) in [4.78, 5) is 15.2. The molecule has 0 spiro atoms. The molecule has 0 aliphatic heterocycles. The molecule has 30 heavy (non-hydrogen) atoms. The number of aromatic nitrogens is 1. The molecule has 1 aromatic heterocycles. The van der Waals surface area contributed by atoms with Crippen LogP contribution in [0.3, 0.4) is 0 Å². The zero-order chi connectivity index (χ0) is 22.1. The van der Waals surface area contributed by atoms with Crippen LogP contribution in [0.1, 0.15) is 21.8 Å². The molecule has 0 unspecified atom stereocenters. The smallest absolute Gasteiger partial charge is 0.416 e. The molecule has 0 aliphatic rings. The third-order valence-electron chi connectivity index (χ3n) is 3.98. The minimum absolute atomic E-state index is 0.0575. The summed E-state index contributed by atoms with van der Waals surface area (Å²) in [6, 6.07) is 6.18. The quantitative estimate of drug-likeness (QED) is 0.486. The molecule has 11 heteroatoms. The van der Waals surface area contributed by atoms with Gasteiger partial charge in [-0.2, -0.15) is 13.2 Å². The molecule has 0 saturated heterocycles. The summed E-state index contributed by atoms with van der Waals surface area (Å²) in [6.45, 7) is -0.139. The number of oxazole rings is 1. The first-order valence-electron chi connectivity index (χ1n) is 8.31. The lowest BCUT2D eigenvalue weighted by Gasteiger charge is -2.08. The first-order valence-corrected chi connectivity index (χ1v) is 9.10. The lowest BCUT2D eigenvalue weighted by Crippen LogP contribution is -2.16. The molecule has 3 rings (SSSR count). The number of rotatable bonds is 6. The van der Waals surface area contributed by atoms with E-state index in [1.54, 1.807) is 0 Å². The lowest BCUT2D eigenvalue weighted by molar-refractivity contribution is -0.137. The van der Waals surface area contributed by atoms with Crippen molar-refractivity contribution in [3.63, 3.8) is 0 Å². The summed E-state index contributed by atoms with van der Waals surface area (Å²) in [5.41, 5.74) is 3.61. The molecule has 5 nitrogen and oxygen atoms in total. The van der Waals surface area contributed by atoms with E-state index in [4.69, 9.17) is 14.9 Å². The van der Waals surface area contributed by atoms with E-state index in [0.717, 1.165) is 24.3 Å². The summed E-state index contributed by atoms with van der Waals surface area (Å²) in [7, 11) is 0. The van der Waals surface area contributed by atoms with E-state index in [2.05, 4.69) is 20.9 Å². The standard InChI is InChI=1S/C19H12BrF5N2O3/c20-17-16(9-1-3-10(4-2-9)19(23,24)25)30-13(27-17)7-8-29-12-6-5-11(21)14(15(12)22)18(26)28/h1-6H,7-8H2,(H2,26,28). The van der Waals surface area contributed by atoms with E-state index >= 15 is 0 Å². The number of hydrogen-bond acceptors (Lipinski definition) is 4. The van der Waals surface area contributed by atoms with Gasteiger partial charge in [0.25, 0.3) is 5.91 Å². The van der Waals surface area contributed by atoms with Crippen molar-refractivity contribution in [1.82, 2.24) is 4.98 Å². The lowest BCUT2D eigenvalue weighted by atomic mass is 10.1. The van der Waals surface area contributed by atoms with Gasteiger partial charge in [-0.05, 0) is 40.2 Å². The summed E-state index contributed by atoms with van der Waals surface area (Å²) in [5.74, 6) is -3.60. The van der Waals surface area contributed by atoms with Crippen molar-refractivity contribution in [2.24, 2.45) is 5.73 Å². The number of nitrogens with two attached hydrogens (primary N) is 1. The van der Waals surface area contributed by atoms with Crippen LogP contribution in [0, 0.1) is 11.6 Å². The van der Waals surface area contributed by atoms with Gasteiger partial charge in [0, 0.05) is 5.56 Å². The van der Waals surface area contributed by atoms with Gasteiger partial charge in [-0.1, -0.05) is 12.1 Å². The highest BCUT2D eigenvalue weighted by atomic mass is 79.9. The van der Waals surface area contributed by atoms with E-state index < -0.39 is 34.8 Å². The predicted octanol–water partition coefficient (Wildman–Crippen LogP) is 5.12. The van der Waals surface area contributed by atoms with Crippen molar-refractivity contribution < 1.29 is 35.9 Å². The fraction of sp³-hybridized carbons (Fsp3) is 0.158. The van der Waals surface area contributed by atoms with Gasteiger partial charge in [0.05, 0.1) is 18.6 Å². The maximum Gasteiger partial charge on any atom is 0.416 e. The molecule has 2 aromatic carbocycles. The minimum Gasteiger partial charge on any atom is -0.490 e. The van der Waals surface area contributed by atoms with Crippen LogP contribution in [0.5, 0.6) is 5.75 Å². The number of halogens is 6. The SMILES string of the molecule is NC(=O)c1c(F)ccc(OCCc2nc(Br)c(-c3ccc(C(F)(F)F)cc3)o2)c1F. The number of primary amides is 1. The van der Waals surface area contributed by atoms with Crippen molar-refractivity contribution in [2.45, 2.75) is 12.6 Å². The van der Waals surface area contributed by atoms with E-state index in [9.17, 15) is 26.7 Å². The zero-order valence-electron chi connectivity index (χ0n) is 14.9. The van der Waals surface area contributed by atoms with E-state index in [1.165, 1.54) is 12.1 Å². The summed E-state index contributed by atoms with van der Waals surface area (Å²) >= 11 is 3.17. The number of hydrogen-bond donors (Lipinski definition) is 1. The van der Waals surface area contributed by atoms with Crippen LogP contribution in [0.25, 0.3) is 11.3 Å². The Bertz CT molecular complexity index is 1080. The van der Waals surface area contributed by atoms with Crippen LogP contribution in [-0.4, -0.2) is 17.5 Å². The molecule has 0 radical (unpaired) electrons. The molecule has 0 saturated carbocycles. The molecule has 1 amide bonds. The van der Waals surface area contributed by atoms with Crippen LogP contribution in [0.2, 0.25) is 0 Å². The van der Waals surface area contributed by atoms with Gasteiger partial charge < -0.3 is 14.9 Å². The van der Waals surface area contributed by atoms with Crippen LogP contribution in [0.4, 0.5) is 22.0 Å². The third-order valence-corrected chi connectivity index (χ3v) is 4.52. The van der Waals surface area contributed by atoms with Crippen molar-refractivity contribution in [3.05, 3.63) is 69.7 Å². The highest BCUT2D eigenvalue weighted by molar-refractivity contribution is 9.10. The number of amides is 1. The Morgan fingerprint density at radius 1 is 1.13 bits per heavy atom. The van der Waals surface area contributed by atoms with Gasteiger partial charge in [0.1, 0.15) is 11.4 Å². The summed E-state index contributed by atoms with van der Waals surface area (Å²) < 4.78 is 76.6. The van der Waals surface area contributed by atoms with Crippen molar-refractivity contribution in [2.75, 3.05) is 6.61 Å². The third kappa shape index (κ3) is 4.61. The van der Waals surface area contributed by atoms with Gasteiger partial charge >= 0.3 is 6.18 Å². The number of benzene rings is 2. The Kier molecular flexibility index (Phi) is 6.11. The highest BCUT2D eigenvalue weighted by Crippen LogP contribution is 2.33. The van der Waals surface area contributed by atoms with E-state index in [1.807, 2.05) is 0 Å². The molecule has 0 bridgehead atoms. The van der Waals surface area contributed by atoms with Crippen molar-refractivity contribution >= 4 is 21.8 Å². The minimum atomic E-state index is -4.45. The Hall–Kier alpha value is -2.95. The summed E-state index contributed by atoms with van der Waals surface area (Å²) in [5, 5.41) is 0. The summed E-state index contributed by atoms with van der Waals surface area (Å²) in [6.07, 6.45) is -4.40. The van der Waals surface area contributed by atoms with Crippen molar-refractivity contribution in [1.29, 1.82) is 0 Å². The monoisotopic (exact) mass is 490 g/mol. The van der Waals surface area contributed by atoms with Crippen LogP contribution in [-0.2, 0) is 12.6 Å². The number of carbonyl (C=O) groups is 1. The average Bonchev–Trinajstić information content (AvgIpc) is 3.03. The van der Waals surface area contributed by atoms with Gasteiger partial charge in [-0.25, -0.2) is 13.8 Å². The average molecular weight is 491 g/mol. The molecule has 0 aliphatic carbocycles. The number of alkyl halides is 3. The largest absolute Gasteiger partial charge is 0.490 e. The predicted molar refractivity (Wildman–Crippen MR) is 98.7 cm³/mol. The molecule has 0 atom stereocenters. The van der Waals surface area contributed by atoms with E-state index in [-0.39, 0.29) is 35.0 Å². The first-order chi connectivity index (χ1) is 14.1. The van der Waals surface area contributed by atoms with Crippen LogP contribution < -0.4 is 10.5 Å². The molecular weight excluding hydrogens is 479 g/mol. The fourth-order valence-corrected chi connectivity index (χ4v) is 3.07. The molecular formula is C19H12BrF5N2O3. The Morgan fingerprint density at radius 3 is 2.40 bits per heavy atom. The maximum absolute atomic E-state index is 14.1. The van der Waals surface area contributed by atoms with E-state index in [0.29, 0.717) is 5.56 Å². The fourth-order valence-electron chi connectivity index (χ4n) is 2.56. The van der Waals surface area contributed by atoms with Gasteiger partial charge in [-0.3, -0.25) is 4.79 Å². The molecule has 2 N–H and O–H groups in total. The zero-order valence-corrected chi connectivity index (χ0v) is 16.5. The second-order valence-corrected chi connectivity index (χ2v) is 6.75. The number of nitrogens with zero attached hydrogens (tertiary/aromatic N) is 1. The molecule has 158 valence electrons. The van der Waals surface area contributed by atoms with Gasteiger partial charge in [0.2, 0.25) is 0 Å². The van der Waals surface area contributed by atoms with Crippen molar-refractivity contribution in [3.8, 4) is 17.1 Å². The molecule has 3 aromatic rings. The molecule has 0 fully saturated rings. The highest BCUT2D eigenvalue weighted by Gasteiger charge is 2.30. The second kappa shape index (κ2) is 8.42. The van der Waals surface area contributed by atoms with Gasteiger partial charge in [0.15, 0.2) is 27.8 Å². The number of carbonyl (C=O) groups excluding carboxylic acids is 1. The van der Waals surface area contributed by atoms with Crippen LogP contribution in [0.15, 0.2) is 45.4 Å².